The van der Waals surface area contributed by atoms with E-state index in [-0.39, 0.29) is 12.5 Å². The average Bonchev–Trinajstić information content (AvgIpc) is 2.91. The number of hydrogen-bond donors (Lipinski definition) is 3. The second kappa shape index (κ2) is 6.92. The molecule has 2 aromatic heterocycles. The summed E-state index contributed by atoms with van der Waals surface area (Å²) in [7, 11) is 0. The van der Waals surface area contributed by atoms with Crippen LogP contribution in [0, 0.1) is 5.92 Å². The zero-order valence-electron chi connectivity index (χ0n) is 12.7. The average molecular weight is 290 g/mol. The fourth-order valence-corrected chi connectivity index (χ4v) is 1.86. The van der Waals surface area contributed by atoms with E-state index in [4.69, 9.17) is 0 Å². The summed E-state index contributed by atoms with van der Waals surface area (Å²) < 4.78 is 1.87. The minimum Gasteiger partial charge on any atom is -0.369 e. The fourth-order valence-electron chi connectivity index (χ4n) is 1.86. The molecule has 0 aromatic carbocycles. The van der Waals surface area contributed by atoms with Crippen molar-refractivity contribution in [1.82, 2.24) is 19.7 Å². The molecule has 2 rings (SSSR count). The Morgan fingerprint density at radius 1 is 1.38 bits per heavy atom. The highest BCUT2D eigenvalue weighted by molar-refractivity contribution is 5.81. The van der Waals surface area contributed by atoms with Gasteiger partial charge in [-0.1, -0.05) is 13.8 Å². The number of rotatable bonds is 7. The molecule has 2 aromatic rings. The van der Waals surface area contributed by atoms with Gasteiger partial charge in [-0.2, -0.15) is 0 Å². The first kappa shape index (κ1) is 15.1. The Morgan fingerprint density at radius 3 is 2.90 bits per heavy atom. The molecule has 7 heteroatoms. The summed E-state index contributed by atoms with van der Waals surface area (Å²) in [6.07, 6.45) is 5.43. The van der Waals surface area contributed by atoms with Crippen LogP contribution in [-0.4, -0.2) is 39.9 Å². The van der Waals surface area contributed by atoms with Gasteiger partial charge < -0.3 is 20.4 Å². The number of hydrogen-bond acceptors (Lipinski definition) is 5. The van der Waals surface area contributed by atoms with Gasteiger partial charge in [0.2, 0.25) is 5.91 Å². The van der Waals surface area contributed by atoms with Crippen molar-refractivity contribution in [3.05, 3.63) is 18.6 Å². The molecule has 0 bridgehead atoms. The molecule has 0 spiro atoms. The van der Waals surface area contributed by atoms with Crippen LogP contribution in [-0.2, 0) is 4.79 Å². The minimum atomic E-state index is -0.0518. The van der Waals surface area contributed by atoms with E-state index >= 15 is 0 Å². The van der Waals surface area contributed by atoms with Gasteiger partial charge in [-0.15, -0.1) is 0 Å². The molecule has 1 amide bonds. The van der Waals surface area contributed by atoms with Crippen molar-refractivity contribution in [2.24, 2.45) is 5.92 Å². The van der Waals surface area contributed by atoms with Crippen LogP contribution in [0.5, 0.6) is 0 Å². The smallest absolute Gasteiger partial charge is 0.239 e. The lowest BCUT2D eigenvalue weighted by Gasteiger charge is -2.11. The van der Waals surface area contributed by atoms with E-state index in [1.807, 2.05) is 23.7 Å². The van der Waals surface area contributed by atoms with Crippen molar-refractivity contribution in [2.75, 3.05) is 30.3 Å². The number of imidazole rings is 1. The summed E-state index contributed by atoms with van der Waals surface area (Å²) in [5, 5.41) is 9.07. The molecule has 3 N–H and O–H groups in total. The Morgan fingerprint density at radius 2 is 2.19 bits per heavy atom. The third-order valence-corrected chi connectivity index (χ3v) is 2.86. The van der Waals surface area contributed by atoms with E-state index < -0.39 is 0 Å². The highest BCUT2D eigenvalue weighted by atomic mass is 16.1. The Balaban J connectivity index is 2.06. The van der Waals surface area contributed by atoms with Gasteiger partial charge in [-0.25, -0.2) is 9.97 Å². The normalized spacial score (nSPS) is 10.9. The van der Waals surface area contributed by atoms with E-state index in [9.17, 15) is 4.79 Å². The Hall–Kier alpha value is -2.31. The number of carbonyl (C=O) groups is 1. The number of anilines is 2. The van der Waals surface area contributed by atoms with Crippen LogP contribution >= 0.6 is 0 Å². The van der Waals surface area contributed by atoms with Gasteiger partial charge in [0.25, 0.3) is 0 Å². The Kier molecular flexibility index (Phi) is 4.97. The predicted octanol–water partition coefficient (Wildman–Crippen LogP) is 1.35. The molecular weight excluding hydrogens is 268 g/mol. The van der Waals surface area contributed by atoms with Crippen LogP contribution in [0.2, 0.25) is 0 Å². The van der Waals surface area contributed by atoms with Crippen molar-refractivity contribution in [3.8, 4) is 0 Å². The lowest BCUT2D eigenvalue weighted by atomic mass is 10.2. The van der Waals surface area contributed by atoms with E-state index in [2.05, 4.69) is 39.8 Å². The molecule has 0 radical (unpaired) electrons. The number of aromatic nitrogens is 3. The quantitative estimate of drug-likeness (QED) is 0.717. The van der Waals surface area contributed by atoms with E-state index in [1.165, 1.54) is 0 Å². The van der Waals surface area contributed by atoms with Gasteiger partial charge in [0.1, 0.15) is 5.82 Å². The molecule has 7 nitrogen and oxygen atoms in total. The van der Waals surface area contributed by atoms with Crippen molar-refractivity contribution >= 4 is 23.2 Å². The highest BCUT2D eigenvalue weighted by Gasteiger charge is 2.09. The maximum absolute atomic E-state index is 11.8. The largest absolute Gasteiger partial charge is 0.369 e. The van der Waals surface area contributed by atoms with Crippen LogP contribution in [0.1, 0.15) is 20.8 Å². The zero-order chi connectivity index (χ0) is 15.2. The first-order chi connectivity index (χ1) is 10.1. The Labute approximate surface area is 124 Å². The molecular formula is C14H22N6O. The molecule has 0 aliphatic carbocycles. The summed E-state index contributed by atoms with van der Waals surface area (Å²) in [4.78, 5) is 20.5. The maximum atomic E-state index is 11.8. The molecule has 0 fully saturated rings. The number of nitrogens with one attached hydrogen (secondary N) is 3. The SMILES string of the molecule is CCNc1cn2ccnc2c(NCC(=O)NCC(C)C)n1. The molecule has 0 saturated carbocycles. The first-order valence-corrected chi connectivity index (χ1v) is 7.18. The van der Waals surface area contributed by atoms with E-state index in [1.54, 1.807) is 6.20 Å². The van der Waals surface area contributed by atoms with Gasteiger partial charge in [-0.05, 0) is 12.8 Å². The predicted molar refractivity (Wildman–Crippen MR) is 83.5 cm³/mol. The topological polar surface area (TPSA) is 83.3 Å². The van der Waals surface area contributed by atoms with E-state index in [0.29, 0.717) is 23.9 Å². The van der Waals surface area contributed by atoms with Crippen LogP contribution in [0.3, 0.4) is 0 Å². The third kappa shape index (κ3) is 4.08. The van der Waals surface area contributed by atoms with Crippen molar-refractivity contribution in [2.45, 2.75) is 20.8 Å². The highest BCUT2D eigenvalue weighted by Crippen LogP contribution is 2.15. The van der Waals surface area contributed by atoms with Crippen molar-refractivity contribution < 1.29 is 4.79 Å². The van der Waals surface area contributed by atoms with E-state index in [0.717, 1.165) is 12.4 Å². The summed E-state index contributed by atoms with van der Waals surface area (Å²) >= 11 is 0. The monoisotopic (exact) mass is 290 g/mol. The summed E-state index contributed by atoms with van der Waals surface area (Å²) in [5.41, 5.74) is 0.702. The van der Waals surface area contributed by atoms with Gasteiger partial charge in [-0.3, -0.25) is 4.79 Å². The van der Waals surface area contributed by atoms with Crippen LogP contribution in [0.25, 0.3) is 5.65 Å². The molecule has 2 heterocycles. The molecule has 0 aliphatic heterocycles. The van der Waals surface area contributed by atoms with Crippen molar-refractivity contribution in [1.29, 1.82) is 0 Å². The second-order valence-electron chi connectivity index (χ2n) is 5.21. The summed E-state index contributed by atoms with van der Waals surface area (Å²) in [5.74, 6) is 1.72. The molecule has 0 aliphatic rings. The number of amides is 1. The lowest BCUT2D eigenvalue weighted by Crippen LogP contribution is -2.32. The molecule has 114 valence electrons. The number of carbonyl (C=O) groups excluding carboxylic acids is 1. The molecule has 21 heavy (non-hydrogen) atoms. The van der Waals surface area contributed by atoms with Crippen LogP contribution < -0.4 is 16.0 Å². The van der Waals surface area contributed by atoms with Gasteiger partial charge >= 0.3 is 0 Å². The van der Waals surface area contributed by atoms with Crippen LogP contribution in [0.4, 0.5) is 11.6 Å². The standard InChI is InChI=1S/C14H22N6O/c1-4-15-11-9-20-6-5-16-14(20)13(19-11)18-8-12(21)17-7-10(2)3/h5-6,9-10,15H,4,7-8H2,1-3H3,(H,17,21)(H,18,19). The number of nitrogens with zero attached hydrogens (tertiary/aromatic N) is 3. The fraction of sp³-hybridized carbons (Fsp3) is 0.500. The van der Waals surface area contributed by atoms with Crippen LogP contribution in [0.15, 0.2) is 18.6 Å². The first-order valence-electron chi connectivity index (χ1n) is 7.18. The summed E-state index contributed by atoms with van der Waals surface area (Å²) in [6.45, 7) is 7.75. The zero-order valence-corrected chi connectivity index (χ0v) is 12.7. The maximum Gasteiger partial charge on any atom is 0.239 e. The molecule has 0 atom stereocenters. The molecule has 0 saturated heterocycles. The third-order valence-electron chi connectivity index (χ3n) is 2.86. The second-order valence-corrected chi connectivity index (χ2v) is 5.21. The Bertz CT molecular complexity index is 607. The van der Waals surface area contributed by atoms with Gasteiger partial charge in [0.05, 0.1) is 12.7 Å². The van der Waals surface area contributed by atoms with Crippen molar-refractivity contribution in [3.63, 3.8) is 0 Å². The number of fused-ring (bicyclic) bond motifs is 1. The van der Waals surface area contributed by atoms with Gasteiger partial charge in [0, 0.05) is 25.5 Å². The minimum absolute atomic E-state index is 0.0518. The molecule has 0 unspecified atom stereocenters. The summed E-state index contributed by atoms with van der Waals surface area (Å²) in [6, 6.07) is 0. The van der Waals surface area contributed by atoms with Gasteiger partial charge in [0.15, 0.2) is 11.5 Å². The lowest BCUT2D eigenvalue weighted by molar-refractivity contribution is -0.119.